The predicted octanol–water partition coefficient (Wildman–Crippen LogP) is 6.84. The lowest BCUT2D eigenvalue weighted by atomic mass is 9.64. The monoisotopic (exact) mass is 475 g/mol. The zero-order chi connectivity index (χ0) is 24.5. The molecule has 0 amide bonds. The third kappa shape index (κ3) is 3.91. The molecule has 1 saturated heterocycles. The summed E-state index contributed by atoms with van der Waals surface area (Å²) in [4.78, 5) is 0. The van der Waals surface area contributed by atoms with Gasteiger partial charge in [-0.1, -0.05) is 59.1 Å². The zero-order valence-electron chi connectivity index (χ0n) is 20.6. The lowest BCUT2D eigenvalue weighted by Gasteiger charge is -2.47. The molecule has 2 saturated carbocycles. The first-order valence-electron chi connectivity index (χ1n) is 12.7. The second-order valence-electron chi connectivity index (χ2n) is 11.8. The summed E-state index contributed by atoms with van der Waals surface area (Å²) in [5.41, 5.74) is 4.04. The largest absolute Gasteiger partial charge is 0.416 e. The third-order valence-electron chi connectivity index (χ3n) is 8.26. The Morgan fingerprint density at radius 1 is 1.03 bits per heavy atom. The van der Waals surface area contributed by atoms with E-state index in [9.17, 15) is 18.3 Å². The number of hydrogen-bond donors (Lipinski definition) is 2. The minimum Gasteiger partial charge on any atom is -0.389 e. The van der Waals surface area contributed by atoms with Crippen molar-refractivity contribution >= 4 is 0 Å². The van der Waals surface area contributed by atoms with Gasteiger partial charge < -0.3 is 15.2 Å². The summed E-state index contributed by atoms with van der Waals surface area (Å²) < 4.78 is 46.6. The number of fused-ring (bicyclic) bond motifs is 3. The number of dihydropyridines is 1. The van der Waals surface area contributed by atoms with E-state index in [0.717, 1.165) is 78.6 Å². The number of hydrogen-bond acceptors (Lipinski definition) is 3. The first-order chi connectivity index (χ1) is 15.9. The standard InChI is InChI=1S/C28H36F3NO2/c1-16(2)24-22-23(21-19(32-24)14-26(3,4)15-20(21)33)27(12-6-5-7-13-27)34-25(22)17-8-10-18(11-9-17)28(29,30)31/h8-11,16,19-20,25,32-33H,5-7,12-15H2,1-4H3/t19?,20-,25?/m0/s1. The van der Waals surface area contributed by atoms with Gasteiger partial charge in [-0.2, -0.15) is 13.2 Å². The maximum atomic E-state index is 13.2. The molecule has 2 N–H and O–H groups in total. The highest BCUT2D eigenvalue weighted by molar-refractivity contribution is 5.58. The van der Waals surface area contributed by atoms with Crippen molar-refractivity contribution in [2.75, 3.05) is 0 Å². The first kappa shape index (κ1) is 23.9. The van der Waals surface area contributed by atoms with Crippen molar-refractivity contribution in [3.05, 3.63) is 57.8 Å². The molecule has 1 aromatic rings. The van der Waals surface area contributed by atoms with Crippen LogP contribution in [0.3, 0.4) is 0 Å². The summed E-state index contributed by atoms with van der Waals surface area (Å²) in [6, 6.07) is 5.50. The maximum Gasteiger partial charge on any atom is 0.416 e. The molecule has 1 spiro atoms. The van der Waals surface area contributed by atoms with E-state index in [1.807, 2.05) is 0 Å². The molecule has 3 atom stereocenters. The van der Waals surface area contributed by atoms with E-state index in [1.165, 1.54) is 0 Å². The van der Waals surface area contributed by atoms with E-state index >= 15 is 0 Å². The van der Waals surface area contributed by atoms with Crippen LogP contribution < -0.4 is 5.32 Å². The van der Waals surface area contributed by atoms with Crippen LogP contribution in [0.5, 0.6) is 0 Å². The molecule has 1 aromatic carbocycles. The number of alkyl halides is 3. The van der Waals surface area contributed by atoms with E-state index in [4.69, 9.17) is 4.74 Å². The molecule has 3 nitrogen and oxygen atoms in total. The lowest BCUT2D eigenvalue weighted by molar-refractivity contribution is -0.137. The van der Waals surface area contributed by atoms with Crippen molar-refractivity contribution < 1.29 is 23.0 Å². The molecule has 0 aromatic heterocycles. The van der Waals surface area contributed by atoms with Crippen molar-refractivity contribution in [3.8, 4) is 0 Å². The molecule has 5 rings (SSSR count). The van der Waals surface area contributed by atoms with Crippen LogP contribution in [-0.2, 0) is 10.9 Å². The molecule has 0 radical (unpaired) electrons. The summed E-state index contributed by atoms with van der Waals surface area (Å²) in [6.45, 7) is 8.72. The first-order valence-corrected chi connectivity index (χ1v) is 12.7. The molecular formula is C28H36F3NO2. The van der Waals surface area contributed by atoms with Gasteiger partial charge >= 0.3 is 6.18 Å². The summed E-state index contributed by atoms with van der Waals surface area (Å²) in [5.74, 6) is 0.202. The SMILES string of the molecule is CC(C)C1=C2C(=C3C(CC(C)(C)C[C@@H]3O)N1)C1(CCCCC1)OC2c1ccc(C(F)(F)F)cc1. The number of allylic oxidation sites excluding steroid dienone is 1. The van der Waals surface area contributed by atoms with Crippen LogP contribution in [0.15, 0.2) is 46.7 Å². The molecule has 2 aliphatic carbocycles. The zero-order valence-corrected chi connectivity index (χ0v) is 20.6. The average molecular weight is 476 g/mol. The Hall–Kier alpha value is -1.79. The number of aliphatic hydroxyl groups is 1. The van der Waals surface area contributed by atoms with Crippen molar-refractivity contribution in [1.82, 2.24) is 5.32 Å². The highest BCUT2D eigenvalue weighted by atomic mass is 19.4. The molecule has 2 aliphatic heterocycles. The molecule has 186 valence electrons. The molecular weight excluding hydrogens is 439 g/mol. The van der Waals surface area contributed by atoms with Crippen molar-refractivity contribution in [1.29, 1.82) is 0 Å². The van der Waals surface area contributed by atoms with E-state index in [2.05, 4.69) is 33.0 Å². The number of nitrogens with one attached hydrogen (secondary N) is 1. The van der Waals surface area contributed by atoms with E-state index in [0.29, 0.717) is 6.42 Å². The second-order valence-corrected chi connectivity index (χ2v) is 11.8. The summed E-state index contributed by atoms with van der Waals surface area (Å²) in [5, 5.41) is 15.2. The Labute approximate surface area is 200 Å². The fourth-order valence-electron chi connectivity index (χ4n) is 6.81. The lowest BCUT2D eigenvalue weighted by Crippen LogP contribution is -2.50. The van der Waals surface area contributed by atoms with Gasteiger partial charge in [-0.3, -0.25) is 0 Å². The van der Waals surface area contributed by atoms with Crippen molar-refractivity contribution in [2.24, 2.45) is 11.3 Å². The van der Waals surface area contributed by atoms with E-state index in [-0.39, 0.29) is 17.4 Å². The average Bonchev–Trinajstić information content (AvgIpc) is 3.06. The van der Waals surface area contributed by atoms with Gasteiger partial charge in [-0.05, 0) is 65.9 Å². The van der Waals surface area contributed by atoms with Crippen LogP contribution in [0.25, 0.3) is 0 Å². The molecule has 3 fully saturated rings. The molecule has 6 heteroatoms. The molecule has 2 unspecified atom stereocenters. The maximum absolute atomic E-state index is 13.2. The fourth-order valence-corrected chi connectivity index (χ4v) is 6.81. The number of aliphatic hydroxyl groups excluding tert-OH is 1. The van der Waals surface area contributed by atoms with Crippen LogP contribution in [0.2, 0.25) is 0 Å². The van der Waals surface area contributed by atoms with Gasteiger partial charge in [-0.15, -0.1) is 0 Å². The Morgan fingerprint density at radius 2 is 1.68 bits per heavy atom. The van der Waals surface area contributed by atoms with Gasteiger partial charge in [0.1, 0.15) is 6.10 Å². The number of ether oxygens (including phenoxy) is 1. The molecule has 4 aliphatic rings. The summed E-state index contributed by atoms with van der Waals surface area (Å²) in [7, 11) is 0. The van der Waals surface area contributed by atoms with Gasteiger partial charge in [0, 0.05) is 11.3 Å². The summed E-state index contributed by atoms with van der Waals surface area (Å²) >= 11 is 0. The quantitative estimate of drug-likeness (QED) is 0.492. The van der Waals surface area contributed by atoms with Crippen LogP contribution >= 0.6 is 0 Å². The molecule has 34 heavy (non-hydrogen) atoms. The minimum atomic E-state index is -4.37. The number of benzene rings is 1. The summed E-state index contributed by atoms with van der Waals surface area (Å²) in [6.07, 6.45) is 1.34. The Morgan fingerprint density at radius 3 is 2.26 bits per heavy atom. The third-order valence-corrected chi connectivity index (χ3v) is 8.26. The number of halogens is 3. The van der Waals surface area contributed by atoms with Crippen LogP contribution in [0.1, 0.15) is 89.9 Å². The topological polar surface area (TPSA) is 41.5 Å². The Kier molecular flexibility index (Phi) is 5.72. The molecule has 0 bridgehead atoms. The molecule has 2 heterocycles. The van der Waals surface area contributed by atoms with Crippen molar-refractivity contribution in [3.63, 3.8) is 0 Å². The highest BCUT2D eigenvalue weighted by Gasteiger charge is 2.55. The van der Waals surface area contributed by atoms with Gasteiger partial charge in [0.25, 0.3) is 0 Å². The van der Waals surface area contributed by atoms with Gasteiger partial charge in [0.15, 0.2) is 0 Å². The minimum absolute atomic E-state index is 0.0206. The van der Waals surface area contributed by atoms with Gasteiger partial charge in [0.05, 0.1) is 23.3 Å². The van der Waals surface area contributed by atoms with Crippen LogP contribution in [-0.4, -0.2) is 22.9 Å². The van der Waals surface area contributed by atoms with E-state index in [1.54, 1.807) is 12.1 Å². The van der Waals surface area contributed by atoms with Gasteiger partial charge in [-0.25, -0.2) is 0 Å². The predicted molar refractivity (Wildman–Crippen MR) is 126 cm³/mol. The van der Waals surface area contributed by atoms with Gasteiger partial charge in [0.2, 0.25) is 0 Å². The Balaban J connectivity index is 1.69. The number of rotatable bonds is 2. The van der Waals surface area contributed by atoms with Crippen molar-refractivity contribution in [2.45, 2.75) is 103 Å². The Bertz CT molecular complexity index is 1010. The normalized spacial score (nSPS) is 30.4. The van der Waals surface area contributed by atoms with Crippen LogP contribution in [0, 0.1) is 11.3 Å². The smallest absolute Gasteiger partial charge is 0.389 e. The second kappa shape index (κ2) is 8.12. The highest BCUT2D eigenvalue weighted by Crippen LogP contribution is 2.59. The van der Waals surface area contributed by atoms with E-state index < -0.39 is 29.5 Å². The fraction of sp³-hybridized carbons (Fsp3) is 0.643. The van der Waals surface area contributed by atoms with Crippen LogP contribution in [0.4, 0.5) is 13.2 Å².